The minimum atomic E-state index is -3.93. The number of hydrogen-bond donors (Lipinski definition) is 2. The van der Waals surface area contributed by atoms with Crippen molar-refractivity contribution < 1.29 is 13.5 Å². The molecule has 0 fully saturated rings. The van der Waals surface area contributed by atoms with Crippen LogP contribution in [0.3, 0.4) is 0 Å². The molecule has 0 aliphatic carbocycles. The topological polar surface area (TPSA) is 92.2 Å². The zero-order valence-electron chi connectivity index (χ0n) is 9.51. The first-order valence-corrected chi connectivity index (χ1v) is 8.42. The van der Waals surface area contributed by atoms with Gasteiger partial charge in [-0.3, -0.25) is 4.72 Å². The molecule has 0 unspecified atom stereocenters. The average Bonchev–Trinajstić information content (AvgIpc) is 2.36. The maximum Gasteiger partial charge on any atom is 0.264 e. The Morgan fingerprint density at radius 2 is 1.90 bits per heavy atom. The number of hydrogen-bond acceptors (Lipinski definition) is 5. The first-order chi connectivity index (χ1) is 9.29. The van der Waals surface area contributed by atoms with Gasteiger partial charge in [-0.2, -0.15) is 0 Å². The summed E-state index contributed by atoms with van der Waals surface area (Å²) in [5.41, 5.74) is 0. The van der Waals surface area contributed by atoms with Crippen LogP contribution < -0.4 is 4.72 Å². The summed E-state index contributed by atoms with van der Waals surface area (Å²) in [6.07, 6.45) is 2.46. The largest absolute Gasteiger partial charge is 0.504 e. The van der Waals surface area contributed by atoms with Gasteiger partial charge in [-0.15, -0.1) is 0 Å². The summed E-state index contributed by atoms with van der Waals surface area (Å²) in [7, 11) is -3.93. The molecule has 0 atom stereocenters. The monoisotopic (exact) mass is 441 g/mol. The predicted octanol–water partition coefficient (Wildman–Crippen LogP) is 3.16. The Bertz CT molecular complexity index is 770. The lowest BCUT2D eigenvalue weighted by Gasteiger charge is -2.09. The first-order valence-electron chi connectivity index (χ1n) is 4.98. The van der Waals surface area contributed by atoms with E-state index in [1.54, 1.807) is 0 Å². The molecular formula is C10H6Br2ClN3O3S. The Morgan fingerprint density at radius 3 is 2.50 bits per heavy atom. The van der Waals surface area contributed by atoms with E-state index in [-0.39, 0.29) is 21.6 Å². The van der Waals surface area contributed by atoms with E-state index in [0.717, 1.165) is 6.20 Å². The fourth-order valence-electron chi connectivity index (χ4n) is 1.24. The van der Waals surface area contributed by atoms with Crippen LogP contribution in [-0.2, 0) is 10.0 Å². The summed E-state index contributed by atoms with van der Waals surface area (Å²) in [5, 5.41) is 9.78. The van der Waals surface area contributed by atoms with E-state index in [1.807, 2.05) is 0 Å². The molecule has 6 nitrogen and oxygen atoms in total. The fourth-order valence-corrected chi connectivity index (χ4v) is 3.16. The number of rotatable bonds is 3. The molecule has 20 heavy (non-hydrogen) atoms. The Hall–Kier alpha value is -0.900. The summed E-state index contributed by atoms with van der Waals surface area (Å²) in [6.45, 7) is 0. The standard InChI is InChI=1S/C10H6Br2ClN3O3S/c11-5-1-8(17)10(15-3-5)16-20(18,19)6-2-7(12)9(13)14-4-6/h1-4,17H,(H,15,16). The lowest BCUT2D eigenvalue weighted by Crippen LogP contribution is -2.14. The molecule has 2 N–H and O–H groups in total. The maximum absolute atomic E-state index is 12.1. The number of pyridine rings is 2. The summed E-state index contributed by atoms with van der Waals surface area (Å²) >= 11 is 11.9. The highest BCUT2D eigenvalue weighted by atomic mass is 79.9. The van der Waals surface area contributed by atoms with Crippen molar-refractivity contribution >= 4 is 59.3 Å². The van der Waals surface area contributed by atoms with Gasteiger partial charge in [0, 0.05) is 16.9 Å². The van der Waals surface area contributed by atoms with Crippen LogP contribution in [-0.4, -0.2) is 23.5 Å². The normalized spacial score (nSPS) is 11.3. The second-order valence-corrected chi connectivity index (χ2v) is 7.38. The Balaban J connectivity index is 2.38. The van der Waals surface area contributed by atoms with Crippen molar-refractivity contribution in [3.63, 3.8) is 0 Å². The van der Waals surface area contributed by atoms with Gasteiger partial charge in [0.2, 0.25) is 0 Å². The van der Waals surface area contributed by atoms with Crippen LogP contribution in [0.25, 0.3) is 0 Å². The molecule has 0 aliphatic rings. The van der Waals surface area contributed by atoms with Gasteiger partial charge in [0.05, 0.1) is 4.47 Å². The zero-order valence-corrected chi connectivity index (χ0v) is 14.3. The molecule has 0 aliphatic heterocycles. The van der Waals surface area contributed by atoms with E-state index in [1.165, 1.54) is 18.3 Å². The first kappa shape index (κ1) is 15.5. The van der Waals surface area contributed by atoms with E-state index in [4.69, 9.17) is 11.6 Å². The van der Waals surface area contributed by atoms with Gasteiger partial charge in [0.1, 0.15) is 10.0 Å². The molecule has 2 aromatic heterocycles. The second-order valence-electron chi connectivity index (χ2n) is 3.57. The van der Waals surface area contributed by atoms with Crippen LogP contribution in [0.2, 0.25) is 5.15 Å². The van der Waals surface area contributed by atoms with Crippen molar-refractivity contribution in [1.29, 1.82) is 0 Å². The Kier molecular flexibility index (Phi) is 4.52. The quantitative estimate of drug-likeness (QED) is 0.711. The molecule has 10 heteroatoms. The van der Waals surface area contributed by atoms with Crippen molar-refractivity contribution in [1.82, 2.24) is 9.97 Å². The van der Waals surface area contributed by atoms with Crippen molar-refractivity contribution in [2.75, 3.05) is 4.72 Å². The molecule has 2 heterocycles. The number of aromatic hydroxyl groups is 1. The maximum atomic E-state index is 12.1. The molecule has 0 saturated heterocycles. The van der Waals surface area contributed by atoms with Crippen molar-refractivity contribution in [3.8, 4) is 5.75 Å². The molecule has 0 amide bonds. The third kappa shape index (κ3) is 3.40. The van der Waals surface area contributed by atoms with Gasteiger partial charge in [-0.25, -0.2) is 18.4 Å². The number of nitrogens with zero attached hydrogens (tertiary/aromatic N) is 2. The summed E-state index contributed by atoms with van der Waals surface area (Å²) in [6, 6.07) is 2.62. The van der Waals surface area contributed by atoms with Crippen LogP contribution >= 0.6 is 43.5 Å². The molecule has 106 valence electrons. The van der Waals surface area contributed by atoms with Gasteiger partial charge >= 0.3 is 0 Å². The third-order valence-electron chi connectivity index (χ3n) is 2.15. The number of anilines is 1. The predicted molar refractivity (Wildman–Crippen MR) is 81.4 cm³/mol. The van der Waals surface area contributed by atoms with Crippen LogP contribution in [0.15, 0.2) is 38.4 Å². The smallest absolute Gasteiger partial charge is 0.264 e. The van der Waals surface area contributed by atoms with Gasteiger partial charge < -0.3 is 5.11 Å². The molecule has 0 bridgehead atoms. The van der Waals surface area contributed by atoms with E-state index in [2.05, 4.69) is 46.5 Å². The molecule has 2 rings (SSSR count). The SMILES string of the molecule is O=S(=O)(Nc1ncc(Br)cc1O)c1cnc(Cl)c(Br)c1. The minimum Gasteiger partial charge on any atom is -0.504 e. The van der Waals surface area contributed by atoms with Crippen LogP contribution in [0.1, 0.15) is 0 Å². The molecule has 2 aromatic rings. The van der Waals surface area contributed by atoms with Crippen molar-refractivity contribution in [3.05, 3.63) is 38.6 Å². The minimum absolute atomic E-state index is 0.113. The number of nitrogens with one attached hydrogen (secondary N) is 1. The van der Waals surface area contributed by atoms with Crippen LogP contribution in [0.4, 0.5) is 5.82 Å². The van der Waals surface area contributed by atoms with Crippen LogP contribution in [0.5, 0.6) is 5.75 Å². The lowest BCUT2D eigenvalue weighted by molar-refractivity contribution is 0.475. The van der Waals surface area contributed by atoms with E-state index in [0.29, 0.717) is 8.95 Å². The number of sulfonamides is 1. The molecular weight excluding hydrogens is 437 g/mol. The zero-order chi connectivity index (χ0) is 14.9. The van der Waals surface area contributed by atoms with Gasteiger partial charge in [0.25, 0.3) is 10.0 Å². The van der Waals surface area contributed by atoms with E-state index < -0.39 is 10.0 Å². The third-order valence-corrected chi connectivity index (χ3v) is 5.02. The lowest BCUT2D eigenvalue weighted by atomic mass is 10.4. The highest BCUT2D eigenvalue weighted by Gasteiger charge is 2.18. The molecule has 0 aromatic carbocycles. The Labute approximate surface area is 136 Å². The number of halogens is 3. The highest BCUT2D eigenvalue weighted by molar-refractivity contribution is 9.10. The number of aromatic nitrogens is 2. The average molecular weight is 444 g/mol. The highest BCUT2D eigenvalue weighted by Crippen LogP contribution is 2.28. The van der Waals surface area contributed by atoms with Gasteiger partial charge in [-0.1, -0.05) is 11.6 Å². The molecule has 0 radical (unpaired) electrons. The van der Waals surface area contributed by atoms with Crippen molar-refractivity contribution in [2.24, 2.45) is 0 Å². The molecule has 0 saturated carbocycles. The molecule has 0 spiro atoms. The van der Waals surface area contributed by atoms with Crippen molar-refractivity contribution in [2.45, 2.75) is 4.90 Å². The van der Waals surface area contributed by atoms with E-state index >= 15 is 0 Å². The van der Waals surface area contributed by atoms with E-state index in [9.17, 15) is 13.5 Å². The summed E-state index contributed by atoms with van der Waals surface area (Å²) in [5.74, 6) is -0.483. The van der Waals surface area contributed by atoms with Gasteiger partial charge in [0.15, 0.2) is 11.6 Å². The Morgan fingerprint density at radius 1 is 1.20 bits per heavy atom. The summed E-state index contributed by atoms with van der Waals surface area (Å²) in [4.78, 5) is 7.40. The van der Waals surface area contributed by atoms with Gasteiger partial charge in [-0.05, 0) is 44.0 Å². The second kappa shape index (κ2) is 5.84. The van der Waals surface area contributed by atoms with Crippen LogP contribution in [0, 0.1) is 0 Å². The summed E-state index contributed by atoms with van der Waals surface area (Å²) < 4.78 is 27.3. The fraction of sp³-hybridized carbons (Fsp3) is 0.